The van der Waals surface area contributed by atoms with E-state index in [2.05, 4.69) is 24.9 Å². The fraction of sp³-hybridized carbons (Fsp3) is 0.583. The Balaban J connectivity index is 2.40. The molecule has 17 heavy (non-hydrogen) atoms. The molecule has 2 N–H and O–H groups in total. The molecule has 1 aromatic rings. The molecule has 96 valence electrons. The van der Waals surface area contributed by atoms with E-state index in [1.165, 1.54) is 11.3 Å². The Morgan fingerprint density at radius 2 is 2.35 bits per heavy atom. The molecule has 0 fully saturated rings. The van der Waals surface area contributed by atoms with Crippen molar-refractivity contribution in [1.29, 1.82) is 0 Å². The topological polar surface area (TPSA) is 49.3 Å². The molecule has 0 bridgehead atoms. The summed E-state index contributed by atoms with van der Waals surface area (Å²) in [7, 11) is 0. The van der Waals surface area contributed by atoms with Gasteiger partial charge in [0.05, 0.1) is 4.88 Å². The molecule has 1 amide bonds. The number of amides is 1. The van der Waals surface area contributed by atoms with E-state index in [0.29, 0.717) is 17.3 Å². The summed E-state index contributed by atoms with van der Waals surface area (Å²) in [5, 5.41) is 13.7. The zero-order valence-corrected chi connectivity index (χ0v) is 11.7. The van der Waals surface area contributed by atoms with Crippen LogP contribution in [0.4, 0.5) is 0 Å². The van der Waals surface area contributed by atoms with E-state index in [1.54, 1.807) is 6.07 Å². The summed E-state index contributed by atoms with van der Waals surface area (Å²) in [4.78, 5) is 13.3. The minimum absolute atomic E-state index is 0.0469. The van der Waals surface area contributed by atoms with Crippen LogP contribution < -0.4 is 5.32 Å². The Labute approximate surface area is 112 Å². The van der Waals surface area contributed by atoms with E-state index >= 15 is 0 Å². The van der Waals surface area contributed by atoms with E-state index in [9.17, 15) is 4.79 Å². The van der Waals surface area contributed by atoms with E-state index in [0.717, 1.165) is 24.2 Å². The number of aliphatic hydroxyl groups is 1. The Kier molecular flexibility index (Phi) is 6.62. The maximum atomic E-state index is 11.8. The summed E-state index contributed by atoms with van der Waals surface area (Å²) < 4.78 is 0. The van der Waals surface area contributed by atoms with Crippen LogP contribution >= 0.6 is 24.0 Å². The van der Waals surface area contributed by atoms with Crippen LogP contribution in [0.25, 0.3) is 0 Å². The first-order valence-electron chi connectivity index (χ1n) is 5.84. The van der Waals surface area contributed by atoms with Gasteiger partial charge in [0.25, 0.3) is 5.91 Å². The standard InChI is InChI=1S/C12H19NO2S2/c1-2-3-9(4-5-14)7-13-12(15)11-6-10(16)8-17-11/h6,8-9,14,16H,2-5,7H2,1H3,(H,13,15). The van der Waals surface area contributed by atoms with Gasteiger partial charge in [-0.2, -0.15) is 0 Å². The molecule has 3 nitrogen and oxygen atoms in total. The van der Waals surface area contributed by atoms with Gasteiger partial charge in [-0.05, 0) is 24.8 Å². The number of carbonyl (C=O) groups excluding carboxylic acids is 1. The van der Waals surface area contributed by atoms with Crippen molar-refractivity contribution in [2.45, 2.75) is 31.1 Å². The van der Waals surface area contributed by atoms with Gasteiger partial charge in [-0.1, -0.05) is 13.3 Å². The fourth-order valence-electron chi connectivity index (χ4n) is 1.71. The molecule has 0 aliphatic heterocycles. The highest BCUT2D eigenvalue weighted by Gasteiger charge is 2.11. The van der Waals surface area contributed by atoms with Crippen molar-refractivity contribution >= 4 is 29.9 Å². The third kappa shape index (κ3) is 5.10. The average molecular weight is 273 g/mol. The predicted octanol–water partition coefficient (Wildman–Crippen LogP) is 2.57. The average Bonchev–Trinajstić information content (AvgIpc) is 2.73. The van der Waals surface area contributed by atoms with Gasteiger partial charge >= 0.3 is 0 Å². The summed E-state index contributed by atoms with van der Waals surface area (Å²) in [6, 6.07) is 1.77. The normalized spacial score (nSPS) is 12.4. The number of hydrogen-bond donors (Lipinski definition) is 3. The Hall–Kier alpha value is -0.520. The summed E-state index contributed by atoms with van der Waals surface area (Å²) in [5.74, 6) is 0.318. The molecule has 1 aromatic heterocycles. The summed E-state index contributed by atoms with van der Waals surface area (Å²) >= 11 is 5.57. The van der Waals surface area contributed by atoms with Gasteiger partial charge in [0.2, 0.25) is 0 Å². The van der Waals surface area contributed by atoms with E-state index in [4.69, 9.17) is 5.11 Å². The van der Waals surface area contributed by atoms with Crippen molar-refractivity contribution < 1.29 is 9.90 Å². The summed E-state index contributed by atoms with van der Waals surface area (Å²) in [6.45, 7) is 2.92. The van der Waals surface area contributed by atoms with Crippen LogP contribution in [-0.4, -0.2) is 24.2 Å². The van der Waals surface area contributed by atoms with E-state index in [-0.39, 0.29) is 12.5 Å². The zero-order valence-electron chi connectivity index (χ0n) is 9.98. The smallest absolute Gasteiger partial charge is 0.261 e. The van der Waals surface area contributed by atoms with Crippen LogP contribution in [0.1, 0.15) is 35.9 Å². The second-order valence-corrected chi connectivity index (χ2v) is 5.47. The molecule has 0 aliphatic carbocycles. The number of aliphatic hydroxyl groups excluding tert-OH is 1. The molecule has 0 spiro atoms. The lowest BCUT2D eigenvalue weighted by Crippen LogP contribution is -2.29. The van der Waals surface area contributed by atoms with Crippen LogP contribution in [0.2, 0.25) is 0 Å². The van der Waals surface area contributed by atoms with Gasteiger partial charge in [0, 0.05) is 23.4 Å². The SMILES string of the molecule is CCCC(CCO)CNC(=O)c1cc(S)cs1. The lowest BCUT2D eigenvalue weighted by Gasteiger charge is -2.15. The fourth-order valence-corrected chi connectivity index (χ4v) is 2.77. The molecule has 1 unspecified atom stereocenters. The zero-order chi connectivity index (χ0) is 12.7. The maximum Gasteiger partial charge on any atom is 0.261 e. The molecule has 5 heteroatoms. The van der Waals surface area contributed by atoms with Gasteiger partial charge in [-0.15, -0.1) is 24.0 Å². The molecule has 1 atom stereocenters. The van der Waals surface area contributed by atoms with Crippen LogP contribution in [0.5, 0.6) is 0 Å². The summed E-state index contributed by atoms with van der Waals surface area (Å²) in [6.07, 6.45) is 2.85. The van der Waals surface area contributed by atoms with Crippen molar-refractivity contribution in [1.82, 2.24) is 5.32 Å². The Morgan fingerprint density at radius 1 is 1.59 bits per heavy atom. The highest BCUT2D eigenvalue weighted by molar-refractivity contribution is 7.80. The number of thiophene rings is 1. The number of nitrogens with one attached hydrogen (secondary N) is 1. The molecular formula is C12H19NO2S2. The van der Waals surface area contributed by atoms with Crippen molar-refractivity contribution in [3.05, 3.63) is 16.3 Å². The third-order valence-corrected chi connectivity index (χ3v) is 3.96. The molecule has 0 saturated heterocycles. The number of carbonyl (C=O) groups is 1. The van der Waals surface area contributed by atoms with Crippen molar-refractivity contribution in [2.75, 3.05) is 13.2 Å². The Morgan fingerprint density at radius 3 is 2.88 bits per heavy atom. The van der Waals surface area contributed by atoms with Crippen molar-refractivity contribution in [3.8, 4) is 0 Å². The second-order valence-electron chi connectivity index (χ2n) is 4.05. The first-order chi connectivity index (χ1) is 8.17. The lowest BCUT2D eigenvalue weighted by atomic mass is 10.0. The van der Waals surface area contributed by atoms with Gasteiger partial charge in [-0.3, -0.25) is 4.79 Å². The highest BCUT2D eigenvalue weighted by atomic mass is 32.1. The molecule has 0 radical (unpaired) electrons. The number of rotatable bonds is 7. The molecule has 1 rings (SSSR count). The minimum Gasteiger partial charge on any atom is -0.396 e. The van der Waals surface area contributed by atoms with E-state index in [1.807, 2.05) is 5.38 Å². The van der Waals surface area contributed by atoms with Gasteiger partial charge < -0.3 is 10.4 Å². The van der Waals surface area contributed by atoms with Gasteiger partial charge in [0.15, 0.2) is 0 Å². The molecule has 1 heterocycles. The number of thiol groups is 1. The first kappa shape index (κ1) is 14.5. The van der Waals surface area contributed by atoms with Gasteiger partial charge in [0.1, 0.15) is 0 Å². The van der Waals surface area contributed by atoms with Crippen LogP contribution in [0, 0.1) is 5.92 Å². The third-order valence-electron chi connectivity index (χ3n) is 2.59. The van der Waals surface area contributed by atoms with Crippen LogP contribution in [0.15, 0.2) is 16.3 Å². The largest absolute Gasteiger partial charge is 0.396 e. The van der Waals surface area contributed by atoms with Crippen LogP contribution in [-0.2, 0) is 0 Å². The Bertz CT molecular complexity index is 346. The van der Waals surface area contributed by atoms with Crippen molar-refractivity contribution in [3.63, 3.8) is 0 Å². The first-order valence-corrected chi connectivity index (χ1v) is 7.16. The van der Waals surface area contributed by atoms with Crippen LogP contribution in [0.3, 0.4) is 0 Å². The predicted molar refractivity (Wildman–Crippen MR) is 74.0 cm³/mol. The molecule has 0 saturated carbocycles. The minimum atomic E-state index is -0.0469. The molecular weight excluding hydrogens is 254 g/mol. The molecule has 0 aliphatic rings. The van der Waals surface area contributed by atoms with Crippen molar-refractivity contribution in [2.24, 2.45) is 5.92 Å². The molecule has 0 aromatic carbocycles. The summed E-state index contributed by atoms with van der Waals surface area (Å²) in [5.41, 5.74) is 0. The highest BCUT2D eigenvalue weighted by Crippen LogP contribution is 2.17. The van der Waals surface area contributed by atoms with Gasteiger partial charge in [-0.25, -0.2) is 0 Å². The monoisotopic (exact) mass is 273 g/mol. The lowest BCUT2D eigenvalue weighted by molar-refractivity contribution is 0.0947. The quantitative estimate of drug-likeness (QED) is 0.669. The van der Waals surface area contributed by atoms with E-state index < -0.39 is 0 Å². The number of hydrogen-bond acceptors (Lipinski definition) is 4. The maximum absolute atomic E-state index is 11.8. The second kappa shape index (κ2) is 7.74.